The van der Waals surface area contributed by atoms with Crippen LogP contribution >= 0.6 is 0 Å². The minimum Gasteiger partial charge on any atom is -0.498 e. The second kappa shape index (κ2) is 9.12. The van der Waals surface area contributed by atoms with Gasteiger partial charge >= 0.3 is 14.1 Å². The topological polar surface area (TPSA) is 27.7 Å². The van der Waals surface area contributed by atoms with Crippen LogP contribution in [-0.2, 0) is 0 Å². The van der Waals surface area contributed by atoms with Gasteiger partial charge in [-0.3, -0.25) is 0 Å². The maximum absolute atomic E-state index is 15.1. The maximum atomic E-state index is 15.1. The Labute approximate surface area is 178 Å². The lowest BCUT2D eigenvalue weighted by molar-refractivity contribution is 0.407. The first-order valence-electron chi connectivity index (χ1n) is 8.80. The summed E-state index contributed by atoms with van der Waals surface area (Å²) in [5.74, 6) is -7.63. The molecule has 0 atom stereocenters. The zero-order valence-corrected chi connectivity index (χ0v) is 17.7. The van der Waals surface area contributed by atoms with Crippen LogP contribution in [0, 0.1) is 34.9 Å². The predicted molar refractivity (Wildman–Crippen MR) is 103 cm³/mol. The van der Waals surface area contributed by atoms with Crippen LogP contribution in [0.4, 0.5) is 26.3 Å². The molecule has 3 nitrogen and oxygen atoms in total. The summed E-state index contributed by atoms with van der Waals surface area (Å²) in [5.41, 5.74) is 0. The molecule has 162 valence electrons. The number of benzene rings is 3. The number of ether oxygens (including phenoxy) is 3. The van der Waals surface area contributed by atoms with Crippen molar-refractivity contribution in [1.82, 2.24) is 0 Å². The first-order chi connectivity index (χ1) is 14.7. The molecule has 0 unspecified atom stereocenters. The summed E-state index contributed by atoms with van der Waals surface area (Å²) < 4.78 is 101. The molecular formula is C21H15AlF6O3. The number of methoxy groups -OCH3 is 3. The fourth-order valence-electron chi connectivity index (χ4n) is 3.41. The molecule has 0 heterocycles. The summed E-state index contributed by atoms with van der Waals surface area (Å²) in [6.45, 7) is 0. The smallest absolute Gasteiger partial charge is 0.414 e. The molecule has 0 aliphatic rings. The van der Waals surface area contributed by atoms with E-state index in [-0.39, 0.29) is 17.2 Å². The van der Waals surface area contributed by atoms with E-state index in [0.29, 0.717) is 12.1 Å². The van der Waals surface area contributed by atoms with E-state index < -0.39 is 62.3 Å². The molecule has 0 saturated heterocycles. The molecule has 0 aromatic heterocycles. The van der Waals surface area contributed by atoms with E-state index in [0.717, 1.165) is 38.5 Å². The van der Waals surface area contributed by atoms with Gasteiger partial charge in [-0.25, -0.2) is 26.3 Å². The van der Waals surface area contributed by atoms with Gasteiger partial charge in [0.2, 0.25) is 0 Å². The number of hydrogen-bond donors (Lipinski definition) is 0. The van der Waals surface area contributed by atoms with E-state index in [1.807, 2.05) is 0 Å². The fourth-order valence-corrected chi connectivity index (χ4v) is 6.68. The molecule has 0 amide bonds. The largest absolute Gasteiger partial charge is 0.498 e. The highest BCUT2D eigenvalue weighted by atomic mass is 27.2. The summed E-state index contributed by atoms with van der Waals surface area (Å²) in [6, 6.07) is 4.30. The van der Waals surface area contributed by atoms with Gasteiger partial charge in [0.1, 0.15) is 52.2 Å². The summed E-state index contributed by atoms with van der Waals surface area (Å²) in [4.78, 5) is 0. The van der Waals surface area contributed by atoms with Gasteiger partial charge < -0.3 is 14.2 Å². The molecule has 3 rings (SSSR count). The van der Waals surface area contributed by atoms with Crippen molar-refractivity contribution in [2.75, 3.05) is 21.3 Å². The molecule has 0 aliphatic heterocycles. The molecule has 0 radical (unpaired) electrons. The summed E-state index contributed by atoms with van der Waals surface area (Å²) in [7, 11) is 3.39. The third-order valence-electron chi connectivity index (χ3n) is 4.71. The van der Waals surface area contributed by atoms with Crippen molar-refractivity contribution in [3.8, 4) is 17.2 Å². The van der Waals surface area contributed by atoms with Gasteiger partial charge in [0.25, 0.3) is 0 Å². The fraction of sp³-hybridized carbons (Fsp3) is 0.143. The molecule has 0 fully saturated rings. The van der Waals surface area contributed by atoms with Crippen LogP contribution in [0.15, 0.2) is 36.4 Å². The Morgan fingerprint density at radius 3 is 1.26 bits per heavy atom. The molecule has 0 N–H and O–H groups in total. The van der Waals surface area contributed by atoms with Gasteiger partial charge in [-0.1, -0.05) is 0 Å². The molecule has 0 aliphatic carbocycles. The second-order valence-corrected chi connectivity index (χ2v) is 9.04. The van der Waals surface area contributed by atoms with E-state index in [1.54, 1.807) is 0 Å². The molecule has 0 bridgehead atoms. The lowest BCUT2D eigenvalue weighted by atomic mass is 10.3. The zero-order chi connectivity index (χ0) is 22.9. The van der Waals surface area contributed by atoms with Crippen LogP contribution < -0.4 is 27.5 Å². The normalized spacial score (nSPS) is 10.7. The highest BCUT2D eigenvalue weighted by Crippen LogP contribution is 2.22. The molecule has 0 saturated carbocycles. The average molecular weight is 456 g/mol. The number of hydrogen-bond acceptors (Lipinski definition) is 3. The van der Waals surface area contributed by atoms with E-state index in [2.05, 4.69) is 0 Å². The molecule has 3 aromatic carbocycles. The number of rotatable bonds is 6. The summed E-state index contributed by atoms with van der Waals surface area (Å²) >= 11 is -3.79. The van der Waals surface area contributed by atoms with Crippen molar-refractivity contribution in [2.45, 2.75) is 0 Å². The Bertz CT molecular complexity index is 1060. The van der Waals surface area contributed by atoms with Crippen LogP contribution in [-0.4, -0.2) is 35.5 Å². The van der Waals surface area contributed by atoms with Crippen molar-refractivity contribution in [1.29, 1.82) is 0 Å². The van der Waals surface area contributed by atoms with Crippen LogP contribution in [0.1, 0.15) is 0 Å². The molecule has 0 spiro atoms. The van der Waals surface area contributed by atoms with Crippen molar-refractivity contribution in [2.24, 2.45) is 0 Å². The number of halogens is 6. The van der Waals surface area contributed by atoms with Crippen molar-refractivity contribution in [3.63, 3.8) is 0 Å². The van der Waals surface area contributed by atoms with Gasteiger partial charge in [-0.15, -0.1) is 0 Å². The third kappa shape index (κ3) is 4.31. The minimum atomic E-state index is -3.79. The standard InChI is InChI=1S/3C7H5F2O.Al/c3*1-10-7-3-5(8)2-6(9)4-7;/h3-4H,1H3;2*2-3H,1H3;. The van der Waals surface area contributed by atoms with Gasteiger partial charge in [-0.05, 0) is 13.3 Å². The van der Waals surface area contributed by atoms with E-state index in [4.69, 9.17) is 14.2 Å². The summed E-state index contributed by atoms with van der Waals surface area (Å²) in [6.07, 6.45) is 0. The van der Waals surface area contributed by atoms with Crippen LogP contribution in [0.25, 0.3) is 0 Å². The van der Waals surface area contributed by atoms with E-state index in [1.165, 1.54) is 7.11 Å². The van der Waals surface area contributed by atoms with E-state index >= 15 is 8.78 Å². The van der Waals surface area contributed by atoms with Crippen LogP contribution in [0.5, 0.6) is 17.2 Å². The zero-order valence-electron chi connectivity index (χ0n) is 16.5. The van der Waals surface area contributed by atoms with Gasteiger partial charge in [-0.2, -0.15) is 0 Å². The highest BCUT2D eigenvalue weighted by Gasteiger charge is 2.41. The Balaban J connectivity index is 2.47. The quantitative estimate of drug-likeness (QED) is 0.422. The van der Waals surface area contributed by atoms with Gasteiger partial charge in [0.05, 0.1) is 21.3 Å². The Kier molecular flexibility index (Phi) is 6.72. The minimum absolute atomic E-state index is 0.162. The predicted octanol–water partition coefficient (Wildman–Crippen LogP) is 3.06. The maximum Gasteiger partial charge on any atom is 0.414 e. The first-order valence-corrected chi connectivity index (χ1v) is 10.5. The highest BCUT2D eigenvalue weighted by molar-refractivity contribution is 6.96. The lowest BCUT2D eigenvalue weighted by Crippen LogP contribution is -2.57. The first kappa shape index (κ1) is 22.8. The van der Waals surface area contributed by atoms with Crippen molar-refractivity contribution in [3.05, 3.63) is 71.3 Å². The SMILES string of the molecule is COc1cc(F)[c]([Al]([c]2c(F)cc(F)cc2OC)[c]2c(F)cc(F)cc2OC)c(F)c1. The Morgan fingerprint density at radius 2 is 0.903 bits per heavy atom. The van der Waals surface area contributed by atoms with Gasteiger partial charge in [0, 0.05) is 36.4 Å². The monoisotopic (exact) mass is 456 g/mol. The lowest BCUT2D eigenvalue weighted by Gasteiger charge is -2.21. The van der Waals surface area contributed by atoms with Crippen LogP contribution in [0.2, 0.25) is 0 Å². The second-order valence-electron chi connectivity index (χ2n) is 6.44. The van der Waals surface area contributed by atoms with Crippen molar-refractivity contribution < 1.29 is 40.6 Å². The van der Waals surface area contributed by atoms with Gasteiger partial charge in [0.15, 0.2) is 0 Å². The Hall–Kier alpha value is -2.83. The molecule has 10 heteroatoms. The summed E-state index contributed by atoms with van der Waals surface area (Å²) in [5, 5.41) is 0. The van der Waals surface area contributed by atoms with Crippen molar-refractivity contribution >= 4 is 27.4 Å². The Morgan fingerprint density at radius 1 is 0.516 bits per heavy atom. The molecule has 3 aromatic rings. The molecular weight excluding hydrogens is 441 g/mol. The molecule has 31 heavy (non-hydrogen) atoms. The van der Waals surface area contributed by atoms with E-state index in [9.17, 15) is 17.6 Å². The third-order valence-corrected chi connectivity index (χ3v) is 8.11. The van der Waals surface area contributed by atoms with Crippen LogP contribution in [0.3, 0.4) is 0 Å². The average Bonchev–Trinajstić information content (AvgIpc) is 2.70.